The van der Waals surface area contributed by atoms with Crippen LogP contribution in [0.25, 0.3) is 16.9 Å². The number of hydrogen-bond donors (Lipinski definition) is 1. The quantitative estimate of drug-likeness (QED) is 0.519. The van der Waals surface area contributed by atoms with E-state index in [0.29, 0.717) is 23.4 Å². The van der Waals surface area contributed by atoms with Gasteiger partial charge in [0, 0.05) is 25.1 Å². The Balaban J connectivity index is 1.65. The van der Waals surface area contributed by atoms with Crippen molar-refractivity contribution in [3.05, 3.63) is 81.9 Å². The molecule has 7 heteroatoms. The van der Waals surface area contributed by atoms with Gasteiger partial charge in [-0.2, -0.15) is 5.10 Å². The average Bonchev–Trinajstić information content (AvgIpc) is 3.09. The number of para-hydroxylation sites is 1. The van der Waals surface area contributed by atoms with Gasteiger partial charge < -0.3 is 5.32 Å². The molecule has 0 aliphatic rings. The third-order valence-corrected chi connectivity index (χ3v) is 5.21. The minimum absolute atomic E-state index is 0.147. The van der Waals surface area contributed by atoms with E-state index in [2.05, 4.69) is 15.4 Å². The Labute approximate surface area is 180 Å². The Hall–Kier alpha value is -3.74. The van der Waals surface area contributed by atoms with Crippen LogP contribution in [0.1, 0.15) is 30.3 Å². The molecule has 0 radical (unpaired) electrons. The molecule has 0 fully saturated rings. The molecule has 2 aromatic heterocycles. The number of amides is 1. The second kappa shape index (κ2) is 8.55. The minimum atomic E-state index is -0.185. The fourth-order valence-corrected chi connectivity index (χ4v) is 3.70. The molecular weight excluding hydrogens is 390 g/mol. The van der Waals surface area contributed by atoms with Gasteiger partial charge in [-0.25, -0.2) is 9.67 Å². The Kier molecular flexibility index (Phi) is 5.66. The smallest absolute Gasteiger partial charge is 0.273 e. The minimum Gasteiger partial charge on any atom is -0.326 e. The van der Waals surface area contributed by atoms with Crippen LogP contribution >= 0.6 is 0 Å². The zero-order valence-corrected chi connectivity index (χ0v) is 17.9. The van der Waals surface area contributed by atoms with Crippen LogP contribution in [-0.2, 0) is 17.8 Å². The highest BCUT2D eigenvalue weighted by atomic mass is 16.1. The van der Waals surface area contributed by atoms with Crippen molar-refractivity contribution < 1.29 is 4.79 Å². The van der Waals surface area contributed by atoms with E-state index in [0.717, 1.165) is 22.6 Å². The van der Waals surface area contributed by atoms with Gasteiger partial charge in [-0.15, -0.1) is 0 Å². The number of carbonyl (C=O) groups excluding carboxylic acids is 1. The predicted molar refractivity (Wildman–Crippen MR) is 122 cm³/mol. The first-order valence-corrected chi connectivity index (χ1v) is 10.4. The largest absolute Gasteiger partial charge is 0.326 e. The maximum Gasteiger partial charge on any atom is 0.273 e. The van der Waals surface area contributed by atoms with Crippen molar-refractivity contribution in [3.8, 4) is 5.69 Å². The third kappa shape index (κ3) is 4.12. The number of nitrogens with one attached hydrogen (secondary N) is 1. The number of anilines is 1. The summed E-state index contributed by atoms with van der Waals surface area (Å²) in [6, 6.07) is 17.3. The molecule has 0 saturated carbocycles. The van der Waals surface area contributed by atoms with Crippen molar-refractivity contribution in [3.63, 3.8) is 0 Å². The summed E-state index contributed by atoms with van der Waals surface area (Å²) in [6.07, 6.45) is 0.444. The van der Waals surface area contributed by atoms with E-state index in [9.17, 15) is 9.59 Å². The molecule has 0 aliphatic carbocycles. The van der Waals surface area contributed by atoms with Gasteiger partial charge in [0.05, 0.1) is 11.4 Å². The molecule has 0 spiro atoms. The lowest BCUT2D eigenvalue weighted by molar-refractivity contribution is -0.116. The van der Waals surface area contributed by atoms with E-state index < -0.39 is 0 Å². The lowest BCUT2D eigenvalue weighted by atomic mass is 10.2. The van der Waals surface area contributed by atoms with Gasteiger partial charge in [0.2, 0.25) is 5.91 Å². The summed E-state index contributed by atoms with van der Waals surface area (Å²) in [6.45, 7) is 6.26. The molecule has 4 aromatic rings. The molecule has 0 unspecified atom stereocenters. The molecule has 2 aromatic carbocycles. The molecule has 31 heavy (non-hydrogen) atoms. The SMILES string of the molecule is CCn1c(=O)c(CCC(=O)Nc2cccc(C)c2)nc2c(C)nn(-c3ccccc3)c21. The summed E-state index contributed by atoms with van der Waals surface area (Å²) in [5.74, 6) is -0.147. The Morgan fingerprint density at radius 2 is 1.84 bits per heavy atom. The van der Waals surface area contributed by atoms with Gasteiger partial charge in [0.1, 0.15) is 11.2 Å². The van der Waals surface area contributed by atoms with Crippen LogP contribution < -0.4 is 10.9 Å². The zero-order valence-electron chi connectivity index (χ0n) is 17.9. The highest BCUT2D eigenvalue weighted by Crippen LogP contribution is 2.20. The highest BCUT2D eigenvalue weighted by Gasteiger charge is 2.19. The molecule has 0 aliphatic heterocycles. The summed E-state index contributed by atoms with van der Waals surface area (Å²) < 4.78 is 3.44. The van der Waals surface area contributed by atoms with E-state index in [1.54, 1.807) is 9.25 Å². The summed E-state index contributed by atoms with van der Waals surface area (Å²) in [5.41, 5.74) is 4.98. The highest BCUT2D eigenvalue weighted by molar-refractivity contribution is 5.90. The van der Waals surface area contributed by atoms with Crippen LogP contribution in [0, 0.1) is 13.8 Å². The van der Waals surface area contributed by atoms with Gasteiger partial charge in [-0.3, -0.25) is 14.2 Å². The first-order chi connectivity index (χ1) is 15.0. The normalized spacial score (nSPS) is 11.1. The number of nitrogens with zero attached hydrogens (tertiary/aromatic N) is 4. The van der Waals surface area contributed by atoms with Crippen LogP contribution in [-0.4, -0.2) is 25.2 Å². The summed E-state index contributed by atoms with van der Waals surface area (Å²) in [5, 5.41) is 7.51. The number of aromatic nitrogens is 4. The Morgan fingerprint density at radius 3 is 2.55 bits per heavy atom. The van der Waals surface area contributed by atoms with Crippen LogP contribution in [0.5, 0.6) is 0 Å². The maximum absolute atomic E-state index is 13.1. The fraction of sp³-hybridized carbons (Fsp3) is 0.250. The summed E-state index contributed by atoms with van der Waals surface area (Å²) in [4.78, 5) is 30.2. The lowest BCUT2D eigenvalue weighted by Crippen LogP contribution is -2.27. The molecule has 1 amide bonds. The number of hydrogen-bond acceptors (Lipinski definition) is 4. The van der Waals surface area contributed by atoms with Gasteiger partial charge in [0.15, 0.2) is 5.65 Å². The average molecular weight is 415 g/mol. The van der Waals surface area contributed by atoms with Crippen molar-refractivity contribution in [2.24, 2.45) is 0 Å². The van der Waals surface area contributed by atoms with E-state index >= 15 is 0 Å². The van der Waals surface area contributed by atoms with Crippen LogP contribution in [0.4, 0.5) is 5.69 Å². The molecule has 1 N–H and O–H groups in total. The molecule has 7 nitrogen and oxygen atoms in total. The molecule has 0 bridgehead atoms. The molecule has 0 saturated heterocycles. The number of rotatable bonds is 6. The first kappa shape index (κ1) is 20.5. The first-order valence-electron chi connectivity index (χ1n) is 10.4. The number of benzene rings is 2. The second-order valence-electron chi connectivity index (χ2n) is 7.53. The van der Waals surface area contributed by atoms with Crippen molar-refractivity contribution >= 4 is 22.8 Å². The number of aryl methyl sites for hydroxylation is 4. The van der Waals surface area contributed by atoms with Crippen molar-refractivity contribution in [2.45, 2.75) is 40.2 Å². The van der Waals surface area contributed by atoms with Crippen LogP contribution in [0.15, 0.2) is 59.4 Å². The molecule has 2 heterocycles. The third-order valence-electron chi connectivity index (χ3n) is 5.21. The Morgan fingerprint density at radius 1 is 1.06 bits per heavy atom. The van der Waals surface area contributed by atoms with E-state index in [4.69, 9.17) is 0 Å². The molecular formula is C24H25N5O2. The van der Waals surface area contributed by atoms with Crippen molar-refractivity contribution in [1.29, 1.82) is 0 Å². The maximum atomic E-state index is 13.1. The van der Waals surface area contributed by atoms with Gasteiger partial charge in [-0.1, -0.05) is 30.3 Å². The monoisotopic (exact) mass is 415 g/mol. The van der Waals surface area contributed by atoms with E-state index in [-0.39, 0.29) is 24.3 Å². The van der Waals surface area contributed by atoms with E-state index in [1.807, 2.05) is 75.4 Å². The topological polar surface area (TPSA) is 81.8 Å². The summed E-state index contributed by atoms with van der Waals surface area (Å²) >= 11 is 0. The number of fused-ring (bicyclic) bond motifs is 1. The van der Waals surface area contributed by atoms with Gasteiger partial charge in [-0.05, 0) is 50.6 Å². The van der Waals surface area contributed by atoms with Crippen LogP contribution in [0.2, 0.25) is 0 Å². The summed E-state index contributed by atoms with van der Waals surface area (Å²) in [7, 11) is 0. The van der Waals surface area contributed by atoms with Crippen molar-refractivity contribution in [1.82, 2.24) is 19.3 Å². The van der Waals surface area contributed by atoms with Crippen molar-refractivity contribution in [2.75, 3.05) is 5.32 Å². The Bertz CT molecular complexity index is 1310. The second-order valence-corrected chi connectivity index (χ2v) is 7.53. The fourth-order valence-electron chi connectivity index (χ4n) is 3.70. The number of carbonyl (C=O) groups is 1. The van der Waals surface area contributed by atoms with Crippen LogP contribution in [0.3, 0.4) is 0 Å². The molecule has 4 rings (SSSR count). The van der Waals surface area contributed by atoms with Gasteiger partial charge >= 0.3 is 0 Å². The predicted octanol–water partition coefficient (Wildman–Crippen LogP) is 3.79. The lowest BCUT2D eigenvalue weighted by Gasteiger charge is -2.11. The standard InChI is InChI=1S/C24H25N5O2/c1-4-28-23-22(17(3)27-29(23)19-11-6-5-7-12-19)26-20(24(28)31)13-14-21(30)25-18-10-8-9-16(2)15-18/h5-12,15H,4,13-14H2,1-3H3,(H,25,30). The zero-order chi connectivity index (χ0) is 22.0. The molecule has 158 valence electrons. The van der Waals surface area contributed by atoms with E-state index in [1.165, 1.54) is 0 Å². The van der Waals surface area contributed by atoms with Gasteiger partial charge in [0.25, 0.3) is 5.56 Å². The molecule has 0 atom stereocenters.